The number of methoxy groups -OCH3 is 1. The predicted octanol–water partition coefficient (Wildman–Crippen LogP) is 2.13. The average Bonchev–Trinajstić information content (AvgIpc) is 2.57. The number of benzene rings is 1. The SMILES string of the molecule is COc1ccc(-c2nn(C)c(N)c2C)cc1F. The largest absolute Gasteiger partial charge is 0.494 e. The van der Waals surface area contributed by atoms with Gasteiger partial charge in [0.2, 0.25) is 0 Å². The molecule has 0 aliphatic carbocycles. The number of ether oxygens (including phenoxy) is 1. The molecule has 17 heavy (non-hydrogen) atoms. The van der Waals surface area contributed by atoms with Crippen molar-refractivity contribution in [3.63, 3.8) is 0 Å². The number of nitrogen functional groups attached to an aromatic ring is 1. The van der Waals surface area contributed by atoms with Crippen LogP contribution in [-0.4, -0.2) is 16.9 Å². The van der Waals surface area contributed by atoms with Gasteiger partial charge >= 0.3 is 0 Å². The van der Waals surface area contributed by atoms with Crippen molar-refractivity contribution in [2.75, 3.05) is 12.8 Å². The molecule has 0 fully saturated rings. The van der Waals surface area contributed by atoms with E-state index in [-0.39, 0.29) is 5.75 Å². The van der Waals surface area contributed by atoms with Gasteiger partial charge in [-0.25, -0.2) is 4.39 Å². The Kier molecular flexibility index (Phi) is 2.75. The first kappa shape index (κ1) is 11.4. The van der Waals surface area contributed by atoms with E-state index in [4.69, 9.17) is 10.5 Å². The van der Waals surface area contributed by atoms with Crippen LogP contribution in [0.1, 0.15) is 5.56 Å². The van der Waals surface area contributed by atoms with Gasteiger partial charge in [0.1, 0.15) is 5.82 Å². The van der Waals surface area contributed by atoms with E-state index >= 15 is 0 Å². The standard InChI is InChI=1S/C12H14FN3O/c1-7-11(15-16(2)12(7)14)8-4-5-10(17-3)9(13)6-8/h4-6H,14H2,1-3H3. The molecule has 0 atom stereocenters. The summed E-state index contributed by atoms with van der Waals surface area (Å²) in [5.41, 5.74) is 8.04. The van der Waals surface area contributed by atoms with Crippen molar-refractivity contribution in [1.82, 2.24) is 9.78 Å². The first-order chi connectivity index (χ1) is 8.04. The lowest BCUT2D eigenvalue weighted by atomic mass is 10.1. The summed E-state index contributed by atoms with van der Waals surface area (Å²) in [6.45, 7) is 1.86. The van der Waals surface area contributed by atoms with Crippen LogP contribution >= 0.6 is 0 Å². The van der Waals surface area contributed by atoms with E-state index in [1.165, 1.54) is 13.2 Å². The number of rotatable bonds is 2. The minimum Gasteiger partial charge on any atom is -0.494 e. The quantitative estimate of drug-likeness (QED) is 0.867. The van der Waals surface area contributed by atoms with Crippen molar-refractivity contribution >= 4 is 5.82 Å². The van der Waals surface area contributed by atoms with E-state index in [0.29, 0.717) is 17.1 Å². The second kappa shape index (κ2) is 4.08. The van der Waals surface area contributed by atoms with Crippen LogP contribution in [0.2, 0.25) is 0 Å². The van der Waals surface area contributed by atoms with E-state index in [1.807, 2.05) is 6.92 Å². The van der Waals surface area contributed by atoms with Crippen molar-refractivity contribution in [3.05, 3.63) is 29.6 Å². The van der Waals surface area contributed by atoms with Crippen molar-refractivity contribution in [1.29, 1.82) is 0 Å². The summed E-state index contributed by atoms with van der Waals surface area (Å²) < 4.78 is 20.0. The topological polar surface area (TPSA) is 53.1 Å². The second-order valence-electron chi connectivity index (χ2n) is 3.83. The molecule has 0 spiro atoms. The summed E-state index contributed by atoms with van der Waals surface area (Å²) >= 11 is 0. The second-order valence-corrected chi connectivity index (χ2v) is 3.83. The third kappa shape index (κ3) is 1.84. The predicted molar refractivity (Wildman–Crippen MR) is 64.3 cm³/mol. The van der Waals surface area contributed by atoms with Gasteiger partial charge < -0.3 is 10.5 Å². The van der Waals surface area contributed by atoms with Gasteiger partial charge in [-0.3, -0.25) is 4.68 Å². The fraction of sp³-hybridized carbons (Fsp3) is 0.250. The number of halogens is 1. The van der Waals surface area contributed by atoms with Gasteiger partial charge in [-0.15, -0.1) is 0 Å². The number of aryl methyl sites for hydroxylation is 1. The van der Waals surface area contributed by atoms with E-state index in [9.17, 15) is 4.39 Å². The molecule has 0 unspecified atom stereocenters. The maximum atomic E-state index is 13.6. The van der Waals surface area contributed by atoms with Gasteiger partial charge in [-0.1, -0.05) is 0 Å². The summed E-state index contributed by atoms with van der Waals surface area (Å²) in [6, 6.07) is 4.74. The molecule has 90 valence electrons. The summed E-state index contributed by atoms with van der Waals surface area (Å²) in [7, 11) is 3.19. The van der Waals surface area contributed by atoms with Gasteiger partial charge in [0, 0.05) is 18.2 Å². The molecule has 0 aliphatic rings. The van der Waals surface area contributed by atoms with Crippen molar-refractivity contribution < 1.29 is 9.13 Å². The van der Waals surface area contributed by atoms with Crippen LogP contribution in [0.15, 0.2) is 18.2 Å². The van der Waals surface area contributed by atoms with Gasteiger partial charge in [0.25, 0.3) is 0 Å². The molecule has 1 aromatic carbocycles. The molecule has 1 heterocycles. The van der Waals surface area contributed by atoms with Crippen LogP contribution in [-0.2, 0) is 7.05 Å². The van der Waals surface area contributed by atoms with E-state index < -0.39 is 5.82 Å². The van der Waals surface area contributed by atoms with Crippen LogP contribution in [0.5, 0.6) is 5.75 Å². The maximum absolute atomic E-state index is 13.6. The van der Waals surface area contributed by atoms with E-state index in [0.717, 1.165) is 5.56 Å². The van der Waals surface area contributed by atoms with Crippen LogP contribution in [0.4, 0.5) is 10.2 Å². The summed E-state index contributed by atoms with van der Waals surface area (Å²) in [5, 5.41) is 4.26. The molecule has 0 saturated carbocycles. The van der Waals surface area contributed by atoms with Crippen molar-refractivity contribution in [2.45, 2.75) is 6.92 Å². The third-order valence-electron chi connectivity index (χ3n) is 2.76. The zero-order chi connectivity index (χ0) is 12.6. The Bertz CT molecular complexity index is 563. The first-order valence-corrected chi connectivity index (χ1v) is 5.17. The normalized spacial score (nSPS) is 10.6. The molecule has 1 aromatic heterocycles. The molecule has 0 bridgehead atoms. The maximum Gasteiger partial charge on any atom is 0.165 e. The molecule has 4 nitrogen and oxygen atoms in total. The Labute approximate surface area is 98.8 Å². The first-order valence-electron chi connectivity index (χ1n) is 5.17. The number of nitrogens with two attached hydrogens (primary N) is 1. The van der Waals surface area contributed by atoms with Crippen LogP contribution < -0.4 is 10.5 Å². The molecular formula is C12H14FN3O. The molecule has 0 radical (unpaired) electrons. The van der Waals surface area contributed by atoms with Crippen molar-refractivity contribution in [3.8, 4) is 17.0 Å². The fourth-order valence-corrected chi connectivity index (χ4v) is 1.73. The molecule has 0 saturated heterocycles. The molecule has 2 aromatic rings. The van der Waals surface area contributed by atoms with Gasteiger partial charge in [0.15, 0.2) is 11.6 Å². The Morgan fingerprint density at radius 2 is 2.12 bits per heavy atom. The minimum absolute atomic E-state index is 0.218. The highest BCUT2D eigenvalue weighted by atomic mass is 19.1. The zero-order valence-electron chi connectivity index (χ0n) is 9.99. The van der Waals surface area contributed by atoms with E-state index in [1.54, 1.807) is 23.9 Å². The monoisotopic (exact) mass is 235 g/mol. The molecule has 0 amide bonds. The Morgan fingerprint density at radius 1 is 1.41 bits per heavy atom. The summed E-state index contributed by atoms with van der Waals surface area (Å²) in [6.07, 6.45) is 0. The van der Waals surface area contributed by atoms with Crippen LogP contribution in [0.3, 0.4) is 0 Å². The Morgan fingerprint density at radius 3 is 2.59 bits per heavy atom. The molecular weight excluding hydrogens is 221 g/mol. The Hall–Kier alpha value is -2.04. The number of nitrogens with zero attached hydrogens (tertiary/aromatic N) is 2. The molecule has 0 aliphatic heterocycles. The summed E-state index contributed by atoms with van der Waals surface area (Å²) in [4.78, 5) is 0. The number of aromatic nitrogens is 2. The fourth-order valence-electron chi connectivity index (χ4n) is 1.73. The third-order valence-corrected chi connectivity index (χ3v) is 2.76. The van der Waals surface area contributed by atoms with Crippen molar-refractivity contribution in [2.24, 2.45) is 7.05 Å². The number of hydrogen-bond donors (Lipinski definition) is 1. The number of hydrogen-bond acceptors (Lipinski definition) is 3. The lowest BCUT2D eigenvalue weighted by Gasteiger charge is -2.03. The lowest BCUT2D eigenvalue weighted by molar-refractivity contribution is 0.386. The van der Waals surface area contributed by atoms with Crippen LogP contribution in [0.25, 0.3) is 11.3 Å². The highest BCUT2D eigenvalue weighted by Gasteiger charge is 2.13. The van der Waals surface area contributed by atoms with Gasteiger partial charge in [-0.05, 0) is 25.1 Å². The highest BCUT2D eigenvalue weighted by molar-refractivity contribution is 5.68. The van der Waals surface area contributed by atoms with Gasteiger partial charge in [-0.2, -0.15) is 5.10 Å². The van der Waals surface area contributed by atoms with Gasteiger partial charge in [0.05, 0.1) is 12.8 Å². The zero-order valence-corrected chi connectivity index (χ0v) is 9.99. The molecule has 2 N–H and O–H groups in total. The smallest absolute Gasteiger partial charge is 0.165 e. The minimum atomic E-state index is -0.409. The van der Waals surface area contributed by atoms with E-state index in [2.05, 4.69) is 5.10 Å². The number of anilines is 1. The average molecular weight is 235 g/mol. The Balaban J connectivity index is 2.53. The molecule has 5 heteroatoms. The van der Waals surface area contributed by atoms with Crippen LogP contribution in [0, 0.1) is 12.7 Å². The summed E-state index contributed by atoms with van der Waals surface area (Å²) in [5.74, 6) is 0.389. The highest BCUT2D eigenvalue weighted by Crippen LogP contribution is 2.28. The molecule has 2 rings (SSSR count). The lowest BCUT2D eigenvalue weighted by Crippen LogP contribution is -1.97.